The van der Waals surface area contributed by atoms with Crippen LogP contribution in [0.4, 0.5) is 0 Å². The lowest BCUT2D eigenvalue weighted by molar-refractivity contribution is -0.138. The van der Waals surface area contributed by atoms with Crippen molar-refractivity contribution in [3.8, 4) is 0 Å². The third-order valence-corrected chi connectivity index (χ3v) is 5.95. The average Bonchev–Trinajstić information content (AvgIpc) is 3.23. The second-order valence-corrected chi connectivity index (χ2v) is 8.09. The van der Waals surface area contributed by atoms with Gasteiger partial charge in [-0.25, -0.2) is 0 Å². The Bertz CT molecular complexity index is 794. The predicted molar refractivity (Wildman–Crippen MR) is 103 cm³/mol. The third-order valence-electron chi connectivity index (χ3n) is 5.95. The molecule has 1 N–H and O–H groups in total. The molecule has 2 aliphatic rings. The molecule has 5 nitrogen and oxygen atoms in total. The van der Waals surface area contributed by atoms with E-state index in [1.165, 1.54) is 12.8 Å². The maximum Gasteiger partial charge on any atom is 0.227 e. The maximum absolute atomic E-state index is 12.9. The van der Waals surface area contributed by atoms with E-state index in [1.807, 2.05) is 24.1 Å². The van der Waals surface area contributed by atoms with E-state index in [4.69, 9.17) is 0 Å². The molecule has 2 aromatic rings. The molecule has 140 valence electrons. The van der Waals surface area contributed by atoms with E-state index >= 15 is 0 Å². The fourth-order valence-corrected chi connectivity index (χ4v) is 4.65. The number of aryl methyl sites for hydroxylation is 1. The number of rotatable bonds is 4. The first-order chi connectivity index (χ1) is 12.5. The third kappa shape index (κ3) is 3.51. The fraction of sp³-hybridized carbons (Fsp3) is 0.571. The molecule has 1 aromatic heterocycles. The monoisotopic (exact) mass is 355 g/mol. The van der Waals surface area contributed by atoms with E-state index in [0.29, 0.717) is 19.5 Å². The molecule has 1 amide bonds. The van der Waals surface area contributed by atoms with Gasteiger partial charge in [0.1, 0.15) is 0 Å². The highest BCUT2D eigenvalue weighted by Crippen LogP contribution is 2.26. The Balaban J connectivity index is 1.45. The Morgan fingerprint density at radius 2 is 1.92 bits per heavy atom. The van der Waals surface area contributed by atoms with Gasteiger partial charge in [-0.15, -0.1) is 0 Å². The number of carbonyl (C=O) groups is 1. The summed E-state index contributed by atoms with van der Waals surface area (Å²) >= 11 is 0. The summed E-state index contributed by atoms with van der Waals surface area (Å²) in [6.45, 7) is 4.07. The Morgan fingerprint density at radius 1 is 1.15 bits per heavy atom. The first kappa shape index (κ1) is 17.6. The van der Waals surface area contributed by atoms with Gasteiger partial charge in [-0.05, 0) is 50.4 Å². The standard InChI is InChI=1S/C21H29N3O2/c1-22-14-17(18-7-2-3-8-19(18)22)13-20(25)24-12-6-9-21(26,16-24)15-23-10-4-5-11-23/h2-3,7-8,14,26H,4-6,9-13,15-16H2,1H3/t21-/m1/s1. The number of amides is 1. The lowest BCUT2D eigenvalue weighted by Crippen LogP contribution is -2.55. The largest absolute Gasteiger partial charge is 0.387 e. The van der Waals surface area contributed by atoms with Gasteiger partial charge < -0.3 is 19.5 Å². The quantitative estimate of drug-likeness (QED) is 0.914. The van der Waals surface area contributed by atoms with Crippen LogP contribution in [-0.4, -0.2) is 63.7 Å². The summed E-state index contributed by atoms with van der Waals surface area (Å²) in [5.41, 5.74) is 1.47. The number of nitrogens with zero attached hydrogens (tertiary/aromatic N) is 3. The summed E-state index contributed by atoms with van der Waals surface area (Å²) in [6.07, 6.45) is 6.58. The maximum atomic E-state index is 12.9. The van der Waals surface area contributed by atoms with Gasteiger partial charge in [0.05, 0.1) is 18.6 Å². The Labute approximate surface area is 155 Å². The normalized spacial score (nSPS) is 24.5. The van der Waals surface area contributed by atoms with Gasteiger partial charge in [0.25, 0.3) is 0 Å². The number of benzene rings is 1. The fourth-order valence-electron chi connectivity index (χ4n) is 4.65. The zero-order chi connectivity index (χ0) is 18.1. The minimum Gasteiger partial charge on any atom is -0.387 e. The lowest BCUT2D eigenvalue weighted by atomic mass is 9.91. The average molecular weight is 355 g/mol. The van der Waals surface area contributed by atoms with E-state index in [1.54, 1.807) is 0 Å². The first-order valence-electron chi connectivity index (χ1n) is 9.80. The molecule has 4 rings (SSSR count). The van der Waals surface area contributed by atoms with Crippen molar-refractivity contribution in [2.45, 2.75) is 37.7 Å². The van der Waals surface area contributed by atoms with Crippen LogP contribution in [0.3, 0.4) is 0 Å². The van der Waals surface area contributed by atoms with Crippen LogP contribution < -0.4 is 0 Å². The van der Waals surface area contributed by atoms with Crippen molar-refractivity contribution in [1.29, 1.82) is 0 Å². The van der Waals surface area contributed by atoms with Crippen LogP contribution in [0.5, 0.6) is 0 Å². The lowest BCUT2D eigenvalue weighted by Gasteiger charge is -2.41. The van der Waals surface area contributed by atoms with Crippen molar-refractivity contribution in [1.82, 2.24) is 14.4 Å². The first-order valence-corrected chi connectivity index (χ1v) is 9.80. The van der Waals surface area contributed by atoms with Crippen molar-refractivity contribution in [3.63, 3.8) is 0 Å². The molecule has 1 atom stereocenters. The van der Waals surface area contributed by atoms with Crippen molar-refractivity contribution < 1.29 is 9.90 Å². The van der Waals surface area contributed by atoms with Gasteiger partial charge in [0, 0.05) is 37.2 Å². The van der Waals surface area contributed by atoms with Crippen molar-refractivity contribution in [3.05, 3.63) is 36.0 Å². The van der Waals surface area contributed by atoms with Gasteiger partial charge in [-0.1, -0.05) is 18.2 Å². The molecule has 1 aromatic carbocycles. The number of hydrogen-bond donors (Lipinski definition) is 1. The van der Waals surface area contributed by atoms with Gasteiger partial charge in [-0.2, -0.15) is 0 Å². The topological polar surface area (TPSA) is 48.7 Å². The summed E-state index contributed by atoms with van der Waals surface area (Å²) in [6, 6.07) is 8.21. The predicted octanol–water partition coefficient (Wildman–Crippen LogP) is 2.17. The number of aliphatic hydroxyl groups is 1. The molecule has 2 saturated heterocycles. The molecule has 3 heterocycles. The highest BCUT2D eigenvalue weighted by Gasteiger charge is 2.37. The summed E-state index contributed by atoms with van der Waals surface area (Å²) in [7, 11) is 2.02. The molecular formula is C21H29N3O2. The van der Waals surface area contributed by atoms with E-state index in [2.05, 4.69) is 27.8 Å². The Morgan fingerprint density at radius 3 is 2.73 bits per heavy atom. The highest BCUT2D eigenvalue weighted by molar-refractivity contribution is 5.89. The number of carbonyl (C=O) groups excluding carboxylic acids is 1. The molecule has 5 heteroatoms. The smallest absolute Gasteiger partial charge is 0.227 e. The minimum absolute atomic E-state index is 0.126. The number of para-hydroxylation sites is 1. The summed E-state index contributed by atoms with van der Waals surface area (Å²) in [5, 5.41) is 12.2. The van der Waals surface area contributed by atoms with Crippen molar-refractivity contribution >= 4 is 16.8 Å². The van der Waals surface area contributed by atoms with E-state index in [9.17, 15) is 9.90 Å². The molecule has 0 bridgehead atoms. The number of likely N-dealkylation sites (tertiary alicyclic amines) is 2. The molecule has 0 spiro atoms. The molecule has 0 radical (unpaired) electrons. The van der Waals surface area contributed by atoms with E-state index in [0.717, 1.165) is 48.9 Å². The van der Waals surface area contributed by atoms with Gasteiger partial charge in [-0.3, -0.25) is 4.79 Å². The minimum atomic E-state index is -0.753. The van der Waals surface area contributed by atoms with E-state index in [-0.39, 0.29) is 5.91 Å². The molecule has 0 unspecified atom stereocenters. The van der Waals surface area contributed by atoms with Crippen molar-refractivity contribution in [2.75, 3.05) is 32.7 Å². The molecule has 0 saturated carbocycles. The summed E-state index contributed by atoms with van der Waals surface area (Å²) in [4.78, 5) is 17.2. The number of fused-ring (bicyclic) bond motifs is 1. The zero-order valence-corrected chi connectivity index (χ0v) is 15.7. The number of aromatic nitrogens is 1. The van der Waals surface area contributed by atoms with Crippen LogP contribution >= 0.6 is 0 Å². The van der Waals surface area contributed by atoms with Crippen LogP contribution in [-0.2, 0) is 18.3 Å². The van der Waals surface area contributed by atoms with Crippen LogP contribution in [0.25, 0.3) is 10.9 Å². The van der Waals surface area contributed by atoms with Gasteiger partial charge >= 0.3 is 0 Å². The second kappa shape index (κ2) is 7.05. The number of piperidine rings is 1. The van der Waals surface area contributed by atoms with Crippen LogP contribution in [0, 0.1) is 0 Å². The molecule has 26 heavy (non-hydrogen) atoms. The van der Waals surface area contributed by atoms with Gasteiger partial charge in [0.2, 0.25) is 5.91 Å². The number of β-amino-alcohol motifs (C(OH)–C–C–N with tert-alkyl or cyclic N) is 1. The number of hydrogen-bond acceptors (Lipinski definition) is 3. The Kier molecular flexibility index (Phi) is 4.76. The van der Waals surface area contributed by atoms with Crippen molar-refractivity contribution in [2.24, 2.45) is 7.05 Å². The van der Waals surface area contributed by atoms with Crippen LogP contribution in [0.1, 0.15) is 31.2 Å². The Hall–Kier alpha value is -1.85. The van der Waals surface area contributed by atoms with Gasteiger partial charge in [0.15, 0.2) is 0 Å². The summed E-state index contributed by atoms with van der Waals surface area (Å²) in [5.74, 6) is 0.126. The molecule has 2 aliphatic heterocycles. The van der Waals surface area contributed by atoms with E-state index < -0.39 is 5.60 Å². The highest BCUT2D eigenvalue weighted by atomic mass is 16.3. The van der Waals surface area contributed by atoms with Crippen LogP contribution in [0.15, 0.2) is 30.5 Å². The van der Waals surface area contributed by atoms with Crippen LogP contribution in [0.2, 0.25) is 0 Å². The molecular weight excluding hydrogens is 326 g/mol. The molecule has 0 aliphatic carbocycles. The summed E-state index contributed by atoms with van der Waals surface area (Å²) < 4.78 is 2.08. The second-order valence-electron chi connectivity index (χ2n) is 8.09. The SMILES string of the molecule is Cn1cc(CC(=O)N2CCC[C@@](O)(CN3CCCC3)C2)c2ccccc21. The zero-order valence-electron chi connectivity index (χ0n) is 15.7. The molecule has 2 fully saturated rings.